The quantitative estimate of drug-likeness (QED) is 0.747. The van der Waals surface area contributed by atoms with Crippen molar-refractivity contribution in [2.24, 2.45) is 0 Å². The fourth-order valence-electron chi connectivity index (χ4n) is 3.26. The van der Waals surface area contributed by atoms with Crippen molar-refractivity contribution in [1.82, 2.24) is 5.32 Å². The Kier molecular flexibility index (Phi) is 6.32. The highest BCUT2D eigenvalue weighted by Gasteiger charge is 2.24. The van der Waals surface area contributed by atoms with Crippen LogP contribution in [0.3, 0.4) is 0 Å². The van der Waals surface area contributed by atoms with Crippen molar-refractivity contribution in [3.63, 3.8) is 0 Å². The Morgan fingerprint density at radius 2 is 1.83 bits per heavy atom. The molecule has 0 aromatic heterocycles. The molecule has 1 amide bonds. The average molecular weight is 419 g/mol. The van der Waals surface area contributed by atoms with Crippen LogP contribution >= 0.6 is 0 Å². The Hall–Kier alpha value is -2.74. The molecule has 1 N–H and O–H groups in total. The van der Waals surface area contributed by atoms with Gasteiger partial charge in [0.25, 0.3) is 0 Å². The topological polar surface area (TPSA) is 84.9 Å². The number of hydrogen-bond donors (Lipinski definition) is 1. The molecule has 0 bridgehead atoms. The molecule has 7 nitrogen and oxygen atoms in total. The second-order valence-electron chi connectivity index (χ2n) is 6.94. The van der Waals surface area contributed by atoms with Gasteiger partial charge in [0.05, 0.1) is 18.0 Å². The summed E-state index contributed by atoms with van der Waals surface area (Å²) in [7, 11) is -3.62. The number of nitrogens with one attached hydrogen (secondary N) is 1. The van der Waals surface area contributed by atoms with Crippen LogP contribution in [0.15, 0.2) is 42.5 Å². The molecule has 0 saturated heterocycles. The molecule has 0 unspecified atom stereocenters. The van der Waals surface area contributed by atoms with Gasteiger partial charge < -0.3 is 14.8 Å². The van der Waals surface area contributed by atoms with Gasteiger partial charge in [-0.3, -0.25) is 9.10 Å². The van der Waals surface area contributed by atoms with Gasteiger partial charge in [-0.25, -0.2) is 8.42 Å². The van der Waals surface area contributed by atoms with E-state index in [2.05, 4.69) is 5.32 Å². The van der Waals surface area contributed by atoms with E-state index in [1.807, 2.05) is 44.2 Å². The minimum absolute atomic E-state index is 0.287. The zero-order chi connectivity index (χ0) is 21.0. The summed E-state index contributed by atoms with van der Waals surface area (Å²) in [5, 5.41) is 2.87. The van der Waals surface area contributed by atoms with E-state index in [-0.39, 0.29) is 18.5 Å². The molecule has 0 saturated carbocycles. The lowest BCUT2D eigenvalue weighted by molar-refractivity contribution is -0.120. The van der Waals surface area contributed by atoms with Crippen molar-refractivity contribution >= 4 is 21.6 Å². The molecule has 156 valence electrons. The van der Waals surface area contributed by atoms with Gasteiger partial charge in [-0.2, -0.15) is 0 Å². The molecule has 0 spiro atoms. The van der Waals surface area contributed by atoms with Gasteiger partial charge in [0.2, 0.25) is 15.9 Å². The molecule has 29 heavy (non-hydrogen) atoms. The number of amides is 1. The lowest BCUT2D eigenvalue weighted by atomic mass is 10.1. The fraction of sp³-hybridized carbons (Fsp3) is 0.381. The highest BCUT2D eigenvalue weighted by molar-refractivity contribution is 7.92. The van der Waals surface area contributed by atoms with Crippen LogP contribution in [0.4, 0.5) is 5.69 Å². The van der Waals surface area contributed by atoms with Crippen LogP contribution in [0.5, 0.6) is 11.5 Å². The lowest BCUT2D eigenvalue weighted by Gasteiger charge is -2.25. The minimum Gasteiger partial charge on any atom is -0.486 e. The van der Waals surface area contributed by atoms with Gasteiger partial charge in [0, 0.05) is 0 Å². The summed E-state index contributed by atoms with van der Waals surface area (Å²) in [6, 6.07) is 12.4. The molecular formula is C21H26N2O5S. The molecule has 8 heteroatoms. The number of para-hydroxylation sites is 1. The molecule has 0 radical (unpaired) electrons. The van der Waals surface area contributed by atoms with Crippen LogP contribution in [0.1, 0.15) is 31.0 Å². The van der Waals surface area contributed by atoms with E-state index in [9.17, 15) is 13.2 Å². The van der Waals surface area contributed by atoms with Crippen LogP contribution in [0.2, 0.25) is 0 Å². The maximum absolute atomic E-state index is 12.7. The molecule has 3 rings (SSSR count). The fourth-order valence-corrected chi connectivity index (χ4v) is 4.15. The average Bonchev–Trinajstić information content (AvgIpc) is 2.70. The van der Waals surface area contributed by atoms with Crippen LogP contribution in [-0.4, -0.2) is 40.3 Å². The number of ether oxygens (including phenoxy) is 2. The van der Waals surface area contributed by atoms with Gasteiger partial charge in [-0.1, -0.05) is 31.2 Å². The molecule has 2 aromatic rings. The third-order valence-electron chi connectivity index (χ3n) is 4.77. The van der Waals surface area contributed by atoms with Crippen LogP contribution < -0.4 is 19.1 Å². The Morgan fingerprint density at radius 3 is 2.52 bits per heavy atom. The predicted molar refractivity (Wildman–Crippen MR) is 112 cm³/mol. The largest absolute Gasteiger partial charge is 0.486 e. The SMILES string of the molecule is CCc1ccccc1N(CC(=O)N[C@H](C)c1ccc2c(c1)OCCO2)S(C)(=O)=O. The number of benzene rings is 2. The van der Waals surface area contributed by atoms with Crippen LogP contribution in [-0.2, 0) is 21.2 Å². The molecule has 2 aromatic carbocycles. The number of anilines is 1. The van der Waals surface area contributed by atoms with E-state index in [1.165, 1.54) is 0 Å². The maximum atomic E-state index is 12.7. The number of rotatable bonds is 7. The summed E-state index contributed by atoms with van der Waals surface area (Å²) in [6.07, 6.45) is 1.77. The van der Waals surface area contributed by atoms with Crippen molar-refractivity contribution in [3.05, 3.63) is 53.6 Å². The van der Waals surface area contributed by atoms with Crippen molar-refractivity contribution in [1.29, 1.82) is 0 Å². The molecule has 0 aliphatic carbocycles. The highest BCUT2D eigenvalue weighted by Crippen LogP contribution is 2.32. The number of fused-ring (bicyclic) bond motifs is 1. The Balaban J connectivity index is 1.75. The van der Waals surface area contributed by atoms with Gasteiger partial charge in [0.15, 0.2) is 11.5 Å². The zero-order valence-corrected chi connectivity index (χ0v) is 17.7. The third kappa shape index (κ3) is 5.00. The second-order valence-corrected chi connectivity index (χ2v) is 8.85. The first kappa shape index (κ1) is 21.0. The summed E-state index contributed by atoms with van der Waals surface area (Å²) in [6.45, 7) is 4.50. The normalized spacial score (nSPS) is 14.2. The smallest absolute Gasteiger partial charge is 0.241 e. The molecule has 1 atom stereocenters. The highest BCUT2D eigenvalue weighted by atomic mass is 32.2. The summed E-state index contributed by atoms with van der Waals surface area (Å²) in [4.78, 5) is 12.7. The molecule has 1 aliphatic rings. The van der Waals surface area contributed by atoms with E-state index >= 15 is 0 Å². The predicted octanol–water partition coefficient (Wildman–Crippen LogP) is 2.66. The molecule has 1 heterocycles. The number of nitrogens with zero attached hydrogens (tertiary/aromatic N) is 1. The summed E-state index contributed by atoms with van der Waals surface area (Å²) >= 11 is 0. The van der Waals surface area contributed by atoms with Crippen molar-refractivity contribution < 1.29 is 22.7 Å². The number of carbonyl (C=O) groups is 1. The minimum atomic E-state index is -3.62. The first-order chi connectivity index (χ1) is 13.8. The lowest BCUT2D eigenvalue weighted by Crippen LogP contribution is -2.41. The van der Waals surface area contributed by atoms with Crippen LogP contribution in [0.25, 0.3) is 0 Å². The van der Waals surface area contributed by atoms with Crippen molar-refractivity contribution in [2.45, 2.75) is 26.3 Å². The van der Waals surface area contributed by atoms with Crippen molar-refractivity contribution in [3.8, 4) is 11.5 Å². The van der Waals surface area contributed by atoms with Gasteiger partial charge >= 0.3 is 0 Å². The van der Waals surface area contributed by atoms with E-state index in [4.69, 9.17) is 9.47 Å². The van der Waals surface area contributed by atoms with Gasteiger partial charge in [-0.05, 0) is 42.7 Å². The summed E-state index contributed by atoms with van der Waals surface area (Å²) < 4.78 is 37.0. The number of carbonyl (C=O) groups excluding carboxylic acids is 1. The maximum Gasteiger partial charge on any atom is 0.241 e. The monoisotopic (exact) mass is 418 g/mol. The number of aryl methyl sites for hydroxylation is 1. The Bertz CT molecular complexity index is 990. The standard InChI is InChI=1S/C21H26N2O5S/c1-4-16-7-5-6-8-18(16)23(29(3,25)26)14-21(24)22-15(2)17-9-10-19-20(13-17)28-12-11-27-19/h5-10,13,15H,4,11-12,14H2,1-3H3,(H,22,24)/t15-/m1/s1. The van der Waals surface area contributed by atoms with Gasteiger partial charge in [-0.15, -0.1) is 0 Å². The number of sulfonamides is 1. The van der Waals surface area contributed by atoms with E-state index in [0.717, 1.165) is 21.7 Å². The first-order valence-corrected chi connectivity index (χ1v) is 11.4. The number of hydrogen-bond acceptors (Lipinski definition) is 5. The van der Waals surface area contributed by atoms with E-state index < -0.39 is 10.0 Å². The zero-order valence-electron chi connectivity index (χ0n) is 16.8. The summed E-state index contributed by atoms with van der Waals surface area (Å²) in [5.74, 6) is 0.936. The van der Waals surface area contributed by atoms with Crippen LogP contribution in [0, 0.1) is 0 Å². The third-order valence-corrected chi connectivity index (χ3v) is 5.90. The molecule has 1 aliphatic heterocycles. The summed E-state index contributed by atoms with van der Waals surface area (Å²) in [5.41, 5.74) is 2.24. The molecular weight excluding hydrogens is 392 g/mol. The second kappa shape index (κ2) is 8.73. The molecule has 0 fully saturated rings. The van der Waals surface area contributed by atoms with Gasteiger partial charge in [0.1, 0.15) is 19.8 Å². The van der Waals surface area contributed by atoms with Crippen molar-refractivity contribution in [2.75, 3.05) is 30.3 Å². The Labute approximate surface area is 171 Å². The van der Waals surface area contributed by atoms with E-state index in [0.29, 0.717) is 36.8 Å². The Morgan fingerprint density at radius 1 is 1.14 bits per heavy atom. The van der Waals surface area contributed by atoms with E-state index in [1.54, 1.807) is 12.1 Å². The first-order valence-electron chi connectivity index (χ1n) is 9.54.